The van der Waals surface area contributed by atoms with Crippen molar-refractivity contribution in [1.82, 2.24) is 10.3 Å². The number of methoxy groups -OCH3 is 2. The van der Waals surface area contributed by atoms with E-state index in [1.54, 1.807) is 26.4 Å². The summed E-state index contributed by atoms with van der Waals surface area (Å²) in [4.78, 5) is 17.3. The molecule has 6 nitrogen and oxygen atoms in total. The number of hydrogen-bond acceptors (Lipinski definition) is 6. The fourth-order valence-electron chi connectivity index (χ4n) is 2.72. The van der Waals surface area contributed by atoms with Crippen LogP contribution >= 0.6 is 22.9 Å². The fraction of sp³-hybridized carbons (Fsp3) is 0.333. The van der Waals surface area contributed by atoms with Gasteiger partial charge in [0.1, 0.15) is 11.5 Å². The van der Waals surface area contributed by atoms with Crippen LogP contribution in [0.2, 0.25) is 5.02 Å². The number of amides is 1. The molecule has 2 aromatic rings. The SMILES string of the molecule is COc1cc(OC)c([C@H]2CC(=O)NCc3nc(N)sc32)cc1Cl. The number of nitrogen functional groups attached to an aromatic ring is 1. The van der Waals surface area contributed by atoms with Crippen LogP contribution in [0.15, 0.2) is 12.1 Å². The predicted octanol–water partition coefficient (Wildman–Crippen LogP) is 2.55. The summed E-state index contributed by atoms with van der Waals surface area (Å²) in [5, 5.41) is 3.79. The number of carbonyl (C=O) groups is 1. The van der Waals surface area contributed by atoms with Crippen molar-refractivity contribution in [2.75, 3.05) is 20.0 Å². The lowest BCUT2D eigenvalue weighted by Gasteiger charge is -2.18. The Balaban J connectivity index is 2.15. The Kier molecular flexibility index (Phi) is 4.32. The van der Waals surface area contributed by atoms with Gasteiger partial charge in [0.2, 0.25) is 5.91 Å². The minimum atomic E-state index is -0.208. The number of aromatic nitrogens is 1. The van der Waals surface area contributed by atoms with Gasteiger partial charge in [-0.3, -0.25) is 4.79 Å². The smallest absolute Gasteiger partial charge is 0.221 e. The van der Waals surface area contributed by atoms with Crippen LogP contribution in [0, 0.1) is 0 Å². The Hall–Kier alpha value is -1.99. The zero-order chi connectivity index (χ0) is 16.6. The molecule has 8 heteroatoms. The summed E-state index contributed by atoms with van der Waals surface area (Å²) in [5.74, 6) is 0.881. The molecule has 3 N–H and O–H groups in total. The highest BCUT2D eigenvalue weighted by Crippen LogP contribution is 2.43. The number of rotatable bonds is 3. The van der Waals surface area contributed by atoms with E-state index in [1.165, 1.54) is 11.3 Å². The second kappa shape index (κ2) is 6.25. The van der Waals surface area contributed by atoms with Gasteiger partial charge in [0.05, 0.1) is 31.5 Å². The summed E-state index contributed by atoms with van der Waals surface area (Å²) in [7, 11) is 3.12. The van der Waals surface area contributed by atoms with E-state index < -0.39 is 0 Å². The molecule has 2 heterocycles. The summed E-state index contributed by atoms with van der Waals surface area (Å²) in [5.41, 5.74) is 7.46. The van der Waals surface area contributed by atoms with E-state index in [2.05, 4.69) is 10.3 Å². The van der Waals surface area contributed by atoms with Crippen LogP contribution in [0.1, 0.15) is 28.5 Å². The number of benzene rings is 1. The lowest BCUT2D eigenvalue weighted by Crippen LogP contribution is -2.21. The molecule has 122 valence electrons. The zero-order valence-corrected chi connectivity index (χ0v) is 14.3. The number of nitrogens with one attached hydrogen (secondary N) is 1. The number of ether oxygens (including phenoxy) is 2. The third-order valence-electron chi connectivity index (χ3n) is 3.78. The van der Waals surface area contributed by atoms with Crippen molar-refractivity contribution in [3.8, 4) is 11.5 Å². The predicted molar refractivity (Wildman–Crippen MR) is 89.4 cm³/mol. The molecular formula is C15H16ClN3O3S. The second-order valence-electron chi connectivity index (χ2n) is 5.13. The number of nitrogens with two attached hydrogens (primary N) is 1. The van der Waals surface area contributed by atoms with Gasteiger partial charge in [-0.1, -0.05) is 11.6 Å². The van der Waals surface area contributed by atoms with Crippen LogP contribution < -0.4 is 20.5 Å². The highest BCUT2D eigenvalue weighted by molar-refractivity contribution is 7.15. The van der Waals surface area contributed by atoms with Gasteiger partial charge in [-0.2, -0.15) is 0 Å². The van der Waals surface area contributed by atoms with Crippen molar-refractivity contribution >= 4 is 34.0 Å². The summed E-state index contributed by atoms with van der Waals surface area (Å²) < 4.78 is 10.7. The first-order valence-corrected chi connectivity index (χ1v) is 8.16. The maximum Gasteiger partial charge on any atom is 0.221 e. The van der Waals surface area contributed by atoms with Gasteiger partial charge >= 0.3 is 0 Å². The first kappa shape index (κ1) is 15.9. The van der Waals surface area contributed by atoms with Crippen molar-refractivity contribution in [3.05, 3.63) is 33.3 Å². The molecule has 1 atom stereocenters. The third kappa shape index (κ3) is 2.94. The first-order valence-electron chi connectivity index (χ1n) is 6.96. The summed E-state index contributed by atoms with van der Waals surface area (Å²) in [6.07, 6.45) is 0.285. The Morgan fingerprint density at radius 1 is 1.35 bits per heavy atom. The van der Waals surface area contributed by atoms with Crippen molar-refractivity contribution in [2.45, 2.75) is 18.9 Å². The van der Waals surface area contributed by atoms with Gasteiger partial charge in [0.15, 0.2) is 5.13 Å². The van der Waals surface area contributed by atoms with E-state index in [4.69, 9.17) is 26.8 Å². The highest BCUT2D eigenvalue weighted by Gasteiger charge is 2.30. The van der Waals surface area contributed by atoms with Crippen LogP contribution in [0.25, 0.3) is 0 Å². The molecule has 1 amide bonds. The van der Waals surface area contributed by atoms with Crippen molar-refractivity contribution in [2.24, 2.45) is 0 Å². The molecule has 0 saturated carbocycles. The summed E-state index contributed by atoms with van der Waals surface area (Å²) in [6.45, 7) is 0.380. The minimum Gasteiger partial charge on any atom is -0.496 e. The average molecular weight is 354 g/mol. The lowest BCUT2D eigenvalue weighted by atomic mass is 9.92. The first-order chi connectivity index (χ1) is 11.0. The number of anilines is 1. The quantitative estimate of drug-likeness (QED) is 0.885. The van der Waals surface area contributed by atoms with Crippen LogP contribution in [0.5, 0.6) is 11.5 Å². The molecule has 1 aromatic carbocycles. The van der Waals surface area contributed by atoms with Crippen molar-refractivity contribution in [3.63, 3.8) is 0 Å². The molecule has 1 aromatic heterocycles. The van der Waals surface area contributed by atoms with E-state index >= 15 is 0 Å². The molecule has 0 unspecified atom stereocenters. The average Bonchev–Trinajstić information content (AvgIpc) is 2.84. The van der Waals surface area contributed by atoms with Crippen molar-refractivity contribution < 1.29 is 14.3 Å². The molecule has 23 heavy (non-hydrogen) atoms. The molecule has 0 aliphatic carbocycles. The minimum absolute atomic E-state index is 0.0484. The molecule has 0 fully saturated rings. The van der Waals surface area contributed by atoms with Gasteiger partial charge in [0, 0.05) is 28.8 Å². The van der Waals surface area contributed by atoms with E-state index in [1.807, 2.05) is 0 Å². The Bertz CT molecular complexity index is 763. The molecule has 3 rings (SSSR count). The molecule has 0 bridgehead atoms. The lowest BCUT2D eigenvalue weighted by molar-refractivity contribution is -0.121. The number of carbonyl (C=O) groups excluding carboxylic acids is 1. The number of nitrogens with zero attached hydrogens (tertiary/aromatic N) is 1. The van der Waals surface area contributed by atoms with E-state index in [-0.39, 0.29) is 18.2 Å². The maximum atomic E-state index is 12.1. The molecule has 0 saturated heterocycles. The third-order valence-corrected chi connectivity index (χ3v) is 5.12. The molecule has 0 radical (unpaired) electrons. The van der Waals surface area contributed by atoms with Gasteiger partial charge in [0.25, 0.3) is 0 Å². The molecule has 1 aliphatic heterocycles. The Morgan fingerprint density at radius 2 is 2.09 bits per heavy atom. The van der Waals surface area contributed by atoms with Crippen LogP contribution in [0.3, 0.4) is 0 Å². The van der Waals surface area contributed by atoms with Gasteiger partial charge in [-0.05, 0) is 6.07 Å². The topological polar surface area (TPSA) is 86.5 Å². The molecule has 1 aliphatic rings. The second-order valence-corrected chi connectivity index (χ2v) is 6.59. The maximum absolute atomic E-state index is 12.1. The van der Waals surface area contributed by atoms with E-state index in [9.17, 15) is 4.79 Å². The van der Waals surface area contributed by atoms with Gasteiger partial charge in [-0.25, -0.2) is 4.98 Å². The molecular weight excluding hydrogens is 338 g/mol. The number of fused-ring (bicyclic) bond motifs is 1. The monoisotopic (exact) mass is 353 g/mol. The highest BCUT2D eigenvalue weighted by atomic mass is 35.5. The van der Waals surface area contributed by atoms with Crippen LogP contribution in [-0.2, 0) is 11.3 Å². The van der Waals surface area contributed by atoms with E-state index in [0.717, 1.165) is 16.1 Å². The fourth-order valence-corrected chi connectivity index (χ4v) is 3.94. The van der Waals surface area contributed by atoms with Crippen LogP contribution in [0.4, 0.5) is 5.13 Å². The van der Waals surface area contributed by atoms with Gasteiger partial charge in [-0.15, -0.1) is 11.3 Å². The van der Waals surface area contributed by atoms with Gasteiger partial charge < -0.3 is 20.5 Å². The Labute approximate surface area is 142 Å². The Morgan fingerprint density at radius 3 is 2.78 bits per heavy atom. The standard InChI is InChI=1S/C15H16ClN3O3S/c1-21-11-5-12(22-2)9(16)3-7(11)8-4-13(20)18-6-10-14(8)23-15(17)19-10/h3,5,8H,4,6H2,1-2H3,(H2,17,19)(H,18,20)/t8-/m1/s1. The molecule has 0 spiro atoms. The largest absolute Gasteiger partial charge is 0.496 e. The van der Waals surface area contributed by atoms with Crippen LogP contribution in [-0.4, -0.2) is 25.1 Å². The van der Waals surface area contributed by atoms with E-state index in [0.29, 0.717) is 28.2 Å². The number of thiazole rings is 1. The summed E-state index contributed by atoms with van der Waals surface area (Å²) >= 11 is 7.66. The zero-order valence-electron chi connectivity index (χ0n) is 12.7. The summed E-state index contributed by atoms with van der Waals surface area (Å²) in [6, 6.07) is 3.51. The normalized spacial score (nSPS) is 17.2. The number of halogens is 1. The number of hydrogen-bond donors (Lipinski definition) is 2. The van der Waals surface area contributed by atoms with Crippen molar-refractivity contribution in [1.29, 1.82) is 0 Å².